The van der Waals surface area contributed by atoms with Crippen LogP contribution in [0.3, 0.4) is 0 Å². The number of aromatic nitrogens is 2. The molecule has 116 valence electrons. The van der Waals surface area contributed by atoms with E-state index in [2.05, 4.69) is 10.4 Å². The van der Waals surface area contributed by atoms with Crippen molar-refractivity contribution in [2.24, 2.45) is 0 Å². The summed E-state index contributed by atoms with van der Waals surface area (Å²) in [5, 5.41) is 7.36. The Kier molecular flexibility index (Phi) is 3.98. The highest BCUT2D eigenvalue weighted by Gasteiger charge is 2.10. The number of benzene rings is 2. The van der Waals surface area contributed by atoms with Crippen LogP contribution in [-0.2, 0) is 0 Å². The van der Waals surface area contributed by atoms with E-state index in [1.165, 1.54) is 0 Å². The third-order valence-electron chi connectivity index (χ3n) is 3.95. The van der Waals surface area contributed by atoms with Gasteiger partial charge in [-0.3, -0.25) is 4.79 Å². The topological polar surface area (TPSA) is 46.9 Å². The van der Waals surface area contributed by atoms with Crippen LogP contribution in [0.1, 0.15) is 27.2 Å². The summed E-state index contributed by atoms with van der Waals surface area (Å²) in [6.45, 7) is 5.98. The van der Waals surface area contributed by atoms with Gasteiger partial charge in [0.25, 0.3) is 5.91 Å². The summed E-state index contributed by atoms with van der Waals surface area (Å²) in [5.41, 5.74) is 5.50. The minimum absolute atomic E-state index is 0.121. The molecule has 0 radical (unpaired) electrons. The van der Waals surface area contributed by atoms with Gasteiger partial charge < -0.3 is 5.32 Å². The van der Waals surface area contributed by atoms with Crippen LogP contribution in [0.2, 0.25) is 0 Å². The molecule has 0 fully saturated rings. The van der Waals surface area contributed by atoms with Gasteiger partial charge in [-0.25, -0.2) is 4.68 Å². The van der Waals surface area contributed by atoms with E-state index < -0.39 is 0 Å². The lowest BCUT2D eigenvalue weighted by atomic mass is 10.1. The summed E-state index contributed by atoms with van der Waals surface area (Å²) < 4.78 is 1.77. The molecule has 0 bridgehead atoms. The summed E-state index contributed by atoms with van der Waals surface area (Å²) in [6, 6.07) is 15.3. The van der Waals surface area contributed by atoms with Gasteiger partial charge in [-0.2, -0.15) is 5.10 Å². The maximum absolute atomic E-state index is 12.5. The summed E-state index contributed by atoms with van der Waals surface area (Å²) in [5.74, 6) is -0.121. The lowest BCUT2D eigenvalue weighted by Crippen LogP contribution is -2.13. The summed E-state index contributed by atoms with van der Waals surface area (Å²) in [6.07, 6.45) is 1.89. The zero-order valence-electron chi connectivity index (χ0n) is 13.5. The number of carbonyl (C=O) groups excluding carboxylic acids is 1. The molecule has 4 heteroatoms. The highest BCUT2D eigenvalue weighted by molar-refractivity contribution is 6.05. The van der Waals surface area contributed by atoms with E-state index in [1.807, 2.05) is 69.4 Å². The van der Waals surface area contributed by atoms with Gasteiger partial charge in [0.1, 0.15) is 0 Å². The number of hydrogen-bond donors (Lipinski definition) is 1. The van der Waals surface area contributed by atoms with Gasteiger partial charge in [-0.15, -0.1) is 0 Å². The maximum Gasteiger partial charge on any atom is 0.255 e. The van der Waals surface area contributed by atoms with Crippen LogP contribution in [0.5, 0.6) is 0 Å². The smallest absolute Gasteiger partial charge is 0.255 e. The lowest BCUT2D eigenvalue weighted by molar-refractivity contribution is 0.102. The van der Waals surface area contributed by atoms with Crippen molar-refractivity contribution in [3.63, 3.8) is 0 Å². The molecule has 1 N–H and O–H groups in total. The van der Waals surface area contributed by atoms with E-state index in [0.717, 1.165) is 28.2 Å². The Morgan fingerprint density at radius 2 is 1.83 bits per heavy atom. The monoisotopic (exact) mass is 305 g/mol. The Hall–Kier alpha value is -2.88. The predicted octanol–water partition coefficient (Wildman–Crippen LogP) is 4.05. The van der Waals surface area contributed by atoms with Crippen LogP contribution in [0.25, 0.3) is 5.69 Å². The predicted molar refractivity (Wildman–Crippen MR) is 92.2 cm³/mol. The van der Waals surface area contributed by atoms with Crippen molar-refractivity contribution in [3.05, 3.63) is 77.1 Å². The number of amides is 1. The summed E-state index contributed by atoms with van der Waals surface area (Å²) in [4.78, 5) is 12.5. The van der Waals surface area contributed by atoms with Crippen LogP contribution in [0, 0.1) is 20.8 Å². The van der Waals surface area contributed by atoms with E-state index in [1.54, 1.807) is 10.7 Å². The first-order valence-electron chi connectivity index (χ1n) is 7.55. The third kappa shape index (κ3) is 3.16. The fourth-order valence-electron chi connectivity index (χ4n) is 2.43. The number of aryl methyl sites for hydroxylation is 2. The van der Waals surface area contributed by atoms with Crippen molar-refractivity contribution >= 4 is 11.6 Å². The fraction of sp³-hybridized carbons (Fsp3) is 0.158. The Morgan fingerprint density at radius 3 is 2.57 bits per heavy atom. The molecule has 1 amide bonds. The van der Waals surface area contributed by atoms with Gasteiger partial charge >= 0.3 is 0 Å². The molecule has 1 heterocycles. The molecule has 0 aliphatic heterocycles. The molecule has 3 aromatic rings. The van der Waals surface area contributed by atoms with Gasteiger partial charge in [0.05, 0.1) is 11.4 Å². The molecule has 0 aliphatic rings. The van der Waals surface area contributed by atoms with Gasteiger partial charge in [-0.05, 0) is 62.2 Å². The fourth-order valence-corrected chi connectivity index (χ4v) is 2.43. The number of nitrogens with zero attached hydrogens (tertiary/aromatic N) is 2. The second-order valence-electron chi connectivity index (χ2n) is 5.65. The molecule has 1 aromatic heterocycles. The van der Waals surface area contributed by atoms with Crippen molar-refractivity contribution in [3.8, 4) is 5.69 Å². The molecule has 0 saturated carbocycles. The molecule has 0 atom stereocenters. The molecular formula is C19H19N3O. The van der Waals surface area contributed by atoms with Crippen molar-refractivity contribution in [2.45, 2.75) is 20.8 Å². The first-order valence-corrected chi connectivity index (χ1v) is 7.55. The van der Waals surface area contributed by atoms with Gasteiger partial charge in [0.2, 0.25) is 0 Å². The first kappa shape index (κ1) is 15.0. The zero-order chi connectivity index (χ0) is 16.4. The number of nitrogens with one attached hydrogen (secondary N) is 1. The number of rotatable bonds is 3. The minimum atomic E-state index is -0.121. The highest BCUT2D eigenvalue weighted by atomic mass is 16.1. The zero-order valence-corrected chi connectivity index (χ0v) is 13.5. The van der Waals surface area contributed by atoms with E-state index in [0.29, 0.717) is 5.56 Å². The third-order valence-corrected chi connectivity index (χ3v) is 3.95. The van der Waals surface area contributed by atoms with Crippen molar-refractivity contribution < 1.29 is 4.79 Å². The molecule has 2 aromatic carbocycles. The van der Waals surface area contributed by atoms with Crippen LogP contribution in [0.15, 0.2) is 54.7 Å². The second kappa shape index (κ2) is 6.08. The van der Waals surface area contributed by atoms with Crippen LogP contribution in [-0.4, -0.2) is 15.7 Å². The normalized spacial score (nSPS) is 10.6. The summed E-state index contributed by atoms with van der Waals surface area (Å²) in [7, 11) is 0. The molecule has 0 unspecified atom stereocenters. The minimum Gasteiger partial charge on any atom is -0.322 e. The number of hydrogen-bond acceptors (Lipinski definition) is 2. The molecule has 0 aliphatic carbocycles. The van der Waals surface area contributed by atoms with Crippen molar-refractivity contribution in [1.29, 1.82) is 0 Å². The Bertz CT molecular complexity index is 865. The molecule has 23 heavy (non-hydrogen) atoms. The SMILES string of the molecule is Cc1ccn(-c2cccc(C(=O)Nc3cccc(C)c3C)c2)n1. The standard InChI is InChI=1S/C19H19N3O/c1-13-6-4-9-18(15(13)3)20-19(23)16-7-5-8-17(12-16)22-11-10-14(2)21-22/h4-12H,1-3H3,(H,20,23). The first-order chi connectivity index (χ1) is 11.0. The number of anilines is 1. The Balaban J connectivity index is 1.87. The van der Waals surface area contributed by atoms with E-state index in [-0.39, 0.29) is 5.91 Å². The average Bonchev–Trinajstić information content (AvgIpc) is 2.98. The summed E-state index contributed by atoms with van der Waals surface area (Å²) >= 11 is 0. The average molecular weight is 305 g/mol. The molecule has 0 spiro atoms. The molecular weight excluding hydrogens is 286 g/mol. The largest absolute Gasteiger partial charge is 0.322 e. The number of carbonyl (C=O) groups is 1. The molecule has 4 nitrogen and oxygen atoms in total. The van der Waals surface area contributed by atoms with Crippen molar-refractivity contribution in [1.82, 2.24) is 9.78 Å². The van der Waals surface area contributed by atoms with Crippen LogP contribution >= 0.6 is 0 Å². The van der Waals surface area contributed by atoms with Crippen molar-refractivity contribution in [2.75, 3.05) is 5.32 Å². The Morgan fingerprint density at radius 1 is 1.04 bits per heavy atom. The van der Waals surface area contributed by atoms with Gasteiger partial charge in [0, 0.05) is 17.4 Å². The quantitative estimate of drug-likeness (QED) is 0.793. The second-order valence-corrected chi connectivity index (χ2v) is 5.65. The van der Waals surface area contributed by atoms with Gasteiger partial charge in [-0.1, -0.05) is 18.2 Å². The highest BCUT2D eigenvalue weighted by Crippen LogP contribution is 2.19. The Labute approximate surface area is 135 Å². The molecule has 0 saturated heterocycles. The maximum atomic E-state index is 12.5. The molecule has 3 rings (SSSR count). The van der Waals surface area contributed by atoms with E-state index in [4.69, 9.17) is 0 Å². The van der Waals surface area contributed by atoms with Crippen LogP contribution in [0.4, 0.5) is 5.69 Å². The van der Waals surface area contributed by atoms with E-state index in [9.17, 15) is 4.79 Å². The van der Waals surface area contributed by atoms with Crippen LogP contribution < -0.4 is 5.32 Å². The van der Waals surface area contributed by atoms with E-state index >= 15 is 0 Å². The van der Waals surface area contributed by atoms with Gasteiger partial charge in [0.15, 0.2) is 0 Å². The lowest BCUT2D eigenvalue weighted by Gasteiger charge is -2.11.